The van der Waals surface area contributed by atoms with Crippen molar-refractivity contribution in [3.8, 4) is 0 Å². The van der Waals surface area contributed by atoms with Gasteiger partial charge in [0.2, 0.25) is 0 Å². The Morgan fingerprint density at radius 1 is 1.43 bits per heavy atom. The summed E-state index contributed by atoms with van der Waals surface area (Å²) in [5.74, 6) is 1.10. The van der Waals surface area contributed by atoms with E-state index in [0.29, 0.717) is 11.8 Å². The van der Waals surface area contributed by atoms with Gasteiger partial charge in [-0.05, 0) is 30.6 Å². The molecule has 0 amide bonds. The highest BCUT2D eigenvalue weighted by Gasteiger charge is 2.29. The molecule has 1 rings (SSSR count). The van der Waals surface area contributed by atoms with Crippen LogP contribution in [-0.4, -0.2) is 17.1 Å². The number of hydrogen-bond donors (Lipinski definition) is 2. The molecule has 1 fully saturated rings. The van der Waals surface area contributed by atoms with Crippen LogP contribution in [-0.2, 0) is 4.79 Å². The van der Waals surface area contributed by atoms with E-state index in [0.717, 1.165) is 18.8 Å². The standard InChI is InChI=1S/C11H21NO2/c1-7-3-4-9(5-8(7)2)10(12)6-11(13)14/h7-10H,3-6,12H2,1-2H3,(H,13,14). The minimum absolute atomic E-state index is 0.117. The van der Waals surface area contributed by atoms with Crippen molar-refractivity contribution >= 4 is 5.97 Å². The highest BCUT2D eigenvalue weighted by molar-refractivity contribution is 5.67. The number of carbonyl (C=O) groups is 1. The fourth-order valence-electron chi connectivity index (χ4n) is 2.35. The predicted molar refractivity (Wildman–Crippen MR) is 55.9 cm³/mol. The Bertz CT molecular complexity index is 205. The summed E-state index contributed by atoms with van der Waals surface area (Å²) < 4.78 is 0. The van der Waals surface area contributed by atoms with E-state index in [1.807, 2.05) is 0 Å². The molecule has 1 aliphatic carbocycles. The van der Waals surface area contributed by atoms with Gasteiger partial charge in [0.1, 0.15) is 0 Å². The largest absolute Gasteiger partial charge is 0.481 e. The fraction of sp³-hybridized carbons (Fsp3) is 0.909. The maximum atomic E-state index is 10.5. The molecule has 0 aliphatic heterocycles. The van der Waals surface area contributed by atoms with Gasteiger partial charge in [0, 0.05) is 6.04 Å². The van der Waals surface area contributed by atoms with Gasteiger partial charge in [0.05, 0.1) is 6.42 Å². The van der Waals surface area contributed by atoms with Gasteiger partial charge in [-0.25, -0.2) is 0 Å². The Balaban J connectivity index is 2.41. The molecule has 0 radical (unpaired) electrons. The van der Waals surface area contributed by atoms with Crippen molar-refractivity contribution in [3.05, 3.63) is 0 Å². The van der Waals surface area contributed by atoms with Gasteiger partial charge in [0.25, 0.3) is 0 Å². The van der Waals surface area contributed by atoms with E-state index in [-0.39, 0.29) is 12.5 Å². The zero-order valence-electron chi connectivity index (χ0n) is 9.07. The Hall–Kier alpha value is -0.570. The lowest BCUT2D eigenvalue weighted by molar-refractivity contribution is -0.137. The molecule has 0 aromatic heterocycles. The molecule has 0 aromatic rings. The predicted octanol–water partition coefficient (Wildman–Crippen LogP) is 1.86. The van der Waals surface area contributed by atoms with Gasteiger partial charge in [-0.2, -0.15) is 0 Å². The molecule has 3 N–H and O–H groups in total. The minimum Gasteiger partial charge on any atom is -0.481 e. The van der Waals surface area contributed by atoms with Crippen LogP contribution in [0, 0.1) is 17.8 Å². The van der Waals surface area contributed by atoms with E-state index in [9.17, 15) is 4.79 Å². The zero-order chi connectivity index (χ0) is 10.7. The third kappa shape index (κ3) is 2.98. The molecule has 3 heteroatoms. The van der Waals surface area contributed by atoms with Gasteiger partial charge >= 0.3 is 5.97 Å². The van der Waals surface area contributed by atoms with E-state index in [1.54, 1.807) is 0 Å². The van der Waals surface area contributed by atoms with Crippen LogP contribution in [0.4, 0.5) is 0 Å². The first-order valence-electron chi connectivity index (χ1n) is 5.48. The zero-order valence-corrected chi connectivity index (χ0v) is 9.07. The highest BCUT2D eigenvalue weighted by Crippen LogP contribution is 2.35. The summed E-state index contributed by atoms with van der Waals surface area (Å²) >= 11 is 0. The van der Waals surface area contributed by atoms with Crippen molar-refractivity contribution in [1.82, 2.24) is 0 Å². The van der Waals surface area contributed by atoms with Crippen LogP contribution < -0.4 is 5.73 Å². The Kier molecular flexibility index (Phi) is 3.93. The SMILES string of the molecule is CC1CCC(C(N)CC(=O)O)CC1C. The van der Waals surface area contributed by atoms with E-state index < -0.39 is 5.97 Å². The first kappa shape index (κ1) is 11.5. The van der Waals surface area contributed by atoms with Crippen LogP contribution in [0.25, 0.3) is 0 Å². The molecule has 14 heavy (non-hydrogen) atoms. The number of aliphatic carboxylic acids is 1. The molecule has 0 spiro atoms. The van der Waals surface area contributed by atoms with Crippen molar-refractivity contribution in [2.75, 3.05) is 0 Å². The Labute approximate surface area is 85.7 Å². The topological polar surface area (TPSA) is 63.3 Å². The normalized spacial score (nSPS) is 35.2. The second-order valence-electron chi connectivity index (χ2n) is 4.79. The third-order valence-corrected chi connectivity index (χ3v) is 3.65. The van der Waals surface area contributed by atoms with Crippen molar-refractivity contribution < 1.29 is 9.90 Å². The second kappa shape index (κ2) is 4.78. The number of rotatable bonds is 3. The number of hydrogen-bond acceptors (Lipinski definition) is 2. The quantitative estimate of drug-likeness (QED) is 0.729. The Morgan fingerprint density at radius 3 is 2.57 bits per heavy atom. The molecule has 0 aromatic carbocycles. The van der Waals surface area contributed by atoms with Crippen molar-refractivity contribution in [2.24, 2.45) is 23.5 Å². The molecule has 1 saturated carbocycles. The summed E-state index contributed by atoms with van der Waals surface area (Å²) in [5, 5.41) is 8.65. The molecule has 1 aliphatic rings. The van der Waals surface area contributed by atoms with Crippen LogP contribution in [0.3, 0.4) is 0 Å². The van der Waals surface area contributed by atoms with Gasteiger partial charge in [-0.3, -0.25) is 4.79 Å². The molecule has 4 atom stereocenters. The fourth-order valence-corrected chi connectivity index (χ4v) is 2.35. The monoisotopic (exact) mass is 199 g/mol. The van der Waals surface area contributed by atoms with Crippen LogP contribution in [0.2, 0.25) is 0 Å². The smallest absolute Gasteiger partial charge is 0.304 e. The molecule has 0 heterocycles. The lowest BCUT2D eigenvalue weighted by Gasteiger charge is -2.34. The van der Waals surface area contributed by atoms with Gasteiger partial charge < -0.3 is 10.8 Å². The first-order valence-corrected chi connectivity index (χ1v) is 5.48. The van der Waals surface area contributed by atoms with Gasteiger partial charge in [0.15, 0.2) is 0 Å². The lowest BCUT2D eigenvalue weighted by atomic mass is 9.73. The summed E-state index contributed by atoms with van der Waals surface area (Å²) in [5.41, 5.74) is 5.88. The lowest BCUT2D eigenvalue weighted by Crippen LogP contribution is -2.36. The average Bonchev–Trinajstić information content (AvgIpc) is 2.08. The summed E-state index contributed by atoms with van der Waals surface area (Å²) in [4.78, 5) is 10.5. The third-order valence-electron chi connectivity index (χ3n) is 3.65. The summed E-state index contributed by atoms with van der Waals surface area (Å²) in [6.45, 7) is 4.51. The molecule has 82 valence electrons. The first-order chi connectivity index (χ1) is 6.50. The van der Waals surface area contributed by atoms with E-state index in [1.165, 1.54) is 6.42 Å². The highest BCUT2D eigenvalue weighted by atomic mass is 16.4. The summed E-state index contributed by atoms with van der Waals surface area (Å²) in [6, 6.07) is -0.151. The van der Waals surface area contributed by atoms with Gasteiger partial charge in [-0.1, -0.05) is 20.3 Å². The molecule has 3 nitrogen and oxygen atoms in total. The maximum absolute atomic E-state index is 10.5. The molecule has 4 unspecified atom stereocenters. The molecule has 0 bridgehead atoms. The van der Waals surface area contributed by atoms with E-state index in [4.69, 9.17) is 10.8 Å². The van der Waals surface area contributed by atoms with E-state index in [2.05, 4.69) is 13.8 Å². The van der Waals surface area contributed by atoms with Crippen LogP contribution in [0.1, 0.15) is 39.5 Å². The number of nitrogens with two attached hydrogens (primary N) is 1. The number of carboxylic acids is 1. The van der Waals surface area contributed by atoms with E-state index >= 15 is 0 Å². The van der Waals surface area contributed by atoms with Crippen molar-refractivity contribution in [3.63, 3.8) is 0 Å². The Morgan fingerprint density at radius 2 is 2.07 bits per heavy atom. The second-order valence-corrected chi connectivity index (χ2v) is 4.79. The number of carboxylic acid groups (broad SMARTS) is 1. The maximum Gasteiger partial charge on any atom is 0.304 e. The summed E-state index contributed by atoms with van der Waals surface area (Å²) in [6.07, 6.45) is 3.50. The van der Waals surface area contributed by atoms with Gasteiger partial charge in [-0.15, -0.1) is 0 Å². The molecular formula is C11H21NO2. The molecule has 0 saturated heterocycles. The minimum atomic E-state index is -0.774. The van der Waals surface area contributed by atoms with Crippen LogP contribution in [0.15, 0.2) is 0 Å². The average molecular weight is 199 g/mol. The van der Waals surface area contributed by atoms with Crippen molar-refractivity contribution in [2.45, 2.75) is 45.6 Å². The van der Waals surface area contributed by atoms with Crippen LogP contribution >= 0.6 is 0 Å². The summed E-state index contributed by atoms with van der Waals surface area (Å²) in [7, 11) is 0. The van der Waals surface area contributed by atoms with Crippen molar-refractivity contribution in [1.29, 1.82) is 0 Å². The molecular weight excluding hydrogens is 178 g/mol. The van der Waals surface area contributed by atoms with Crippen LogP contribution in [0.5, 0.6) is 0 Å².